The molecule has 8 aromatic carbocycles. The summed E-state index contributed by atoms with van der Waals surface area (Å²) in [6.07, 6.45) is 0. The van der Waals surface area contributed by atoms with E-state index in [-0.39, 0.29) is 5.56 Å². The van der Waals surface area contributed by atoms with Gasteiger partial charge >= 0.3 is 0 Å². The number of benzene rings is 8. The first kappa shape index (κ1) is 31.4. The molecule has 0 amide bonds. The number of hydrogen-bond acceptors (Lipinski definition) is 1. The van der Waals surface area contributed by atoms with Crippen LogP contribution in [0, 0.1) is 23.0 Å². The maximum atomic E-state index is 16.1. The van der Waals surface area contributed by atoms with Gasteiger partial charge in [-0.15, -0.1) is 0 Å². The summed E-state index contributed by atoms with van der Waals surface area (Å²) in [7, 11) is 0. The lowest BCUT2D eigenvalue weighted by atomic mass is 9.98. The van der Waals surface area contributed by atoms with E-state index in [0.717, 1.165) is 65.9 Å². The largest absolute Gasteiger partial charge is 0.309 e. The maximum absolute atomic E-state index is 16.1. The number of nitriles is 1. The molecule has 2 aromatic heterocycles. The first-order valence-corrected chi connectivity index (χ1v) is 17.8. The van der Waals surface area contributed by atoms with Gasteiger partial charge in [0.05, 0.1) is 44.6 Å². The summed E-state index contributed by atoms with van der Waals surface area (Å²) in [4.78, 5) is 0. The molecule has 54 heavy (non-hydrogen) atoms. The molecule has 0 aliphatic carbocycles. The standard InChI is InChI=1S/C49H29F2N3/c50-41-18-11-19-42(51)49(41)40-29-47(53-43-20-9-7-16-36(43)38-26-33(22-24-45(38)53)31-12-3-1-4-13-31)35(30-52)28-48(40)54-44-21-10-8-17-37(44)39-27-34(23-25-46(39)54)32-14-5-2-6-15-32/h1-29H. The Morgan fingerprint density at radius 3 is 1.37 bits per heavy atom. The van der Waals surface area contributed by atoms with Gasteiger partial charge in [0.2, 0.25) is 0 Å². The molecule has 10 rings (SSSR count). The lowest BCUT2D eigenvalue weighted by molar-refractivity contribution is 0.589. The summed E-state index contributed by atoms with van der Waals surface area (Å²) in [6, 6.07) is 59.0. The van der Waals surface area contributed by atoms with Gasteiger partial charge in [0.25, 0.3) is 0 Å². The van der Waals surface area contributed by atoms with Crippen molar-refractivity contribution in [2.75, 3.05) is 0 Å². The fraction of sp³-hybridized carbons (Fsp3) is 0. The fourth-order valence-electron chi connectivity index (χ4n) is 8.08. The number of nitrogens with zero attached hydrogens (tertiary/aromatic N) is 3. The highest BCUT2D eigenvalue weighted by molar-refractivity contribution is 6.12. The summed E-state index contributed by atoms with van der Waals surface area (Å²) in [5, 5.41) is 14.9. The van der Waals surface area contributed by atoms with Crippen molar-refractivity contribution in [3.63, 3.8) is 0 Å². The topological polar surface area (TPSA) is 33.6 Å². The molecule has 0 N–H and O–H groups in total. The zero-order valence-corrected chi connectivity index (χ0v) is 28.8. The zero-order chi connectivity index (χ0) is 36.3. The lowest BCUT2D eigenvalue weighted by Gasteiger charge is -2.19. The number of halogens is 2. The highest BCUT2D eigenvalue weighted by Gasteiger charge is 2.24. The van der Waals surface area contributed by atoms with Gasteiger partial charge in [-0.1, -0.05) is 115 Å². The molecule has 0 unspecified atom stereocenters. The number of aromatic nitrogens is 2. The maximum Gasteiger partial charge on any atom is 0.134 e. The SMILES string of the molecule is N#Cc1cc(-n2c3ccccc3c3cc(-c4ccccc4)ccc32)c(-c2c(F)cccc2F)cc1-n1c2ccccc2c2cc(-c3ccccc3)ccc21. The van der Waals surface area contributed by atoms with Crippen molar-refractivity contribution >= 4 is 43.6 Å². The average Bonchev–Trinajstić information content (AvgIpc) is 3.73. The molecule has 0 atom stereocenters. The van der Waals surface area contributed by atoms with E-state index in [9.17, 15) is 5.26 Å². The van der Waals surface area contributed by atoms with Crippen LogP contribution in [0.25, 0.3) is 88.4 Å². The molecule has 10 aromatic rings. The highest BCUT2D eigenvalue weighted by atomic mass is 19.1. The van der Waals surface area contributed by atoms with E-state index in [2.05, 4.69) is 78.9 Å². The van der Waals surface area contributed by atoms with Gasteiger partial charge in [-0.3, -0.25) is 0 Å². The van der Waals surface area contributed by atoms with Crippen LogP contribution in [0.5, 0.6) is 0 Å². The van der Waals surface area contributed by atoms with Crippen molar-refractivity contribution in [3.05, 3.63) is 193 Å². The number of rotatable bonds is 5. The summed E-state index contributed by atoms with van der Waals surface area (Å²) in [6.45, 7) is 0. The van der Waals surface area contributed by atoms with Crippen LogP contribution < -0.4 is 0 Å². The number of para-hydroxylation sites is 2. The van der Waals surface area contributed by atoms with Gasteiger partial charge in [0.15, 0.2) is 0 Å². The molecule has 0 aliphatic heterocycles. The number of fused-ring (bicyclic) bond motifs is 6. The molecular formula is C49H29F2N3. The molecule has 0 saturated heterocycles. The van der Waals surface area contributed by atoms with Crippen molar-refractivity contribution in [1.29, 1.82) is 5.26 Å². The van der Waals surface area contributed by atoms with Crippen LogP contribution in [0.15, 0.2) is 176 Å². The minimum atomic E-state index is -0.686. The molecule has 5 heteroatoms. The third-order valence-electron chi connectivity index (χ3n) is 10.5. The van der Waals surface area contributed by atoms with E-state index in [4.69, 9.17) is 0 Å². The minimum absolute atomic E-state index is 0.155. The van der Waals surface area contributed by atoms with Crippen molar-refractivity contribution in [2.24, 2.45) is 0 Å². The molecule has 0 aliphatic rings. The third kappa shape index (κ3) is 4.85. The Bertz CT molecular complexity index is 3110. The van der Waals surface area contributed by atoms with Gasteiger partial charge < -0.3 is 9.13 Å². The molecule has 0 bridgehead atoms. The van der Waals surface area contributed by atoms with Crippen LogP contribution in [0.2, 0.25) is 0 Å². The van der Waals surface area contributed by atoms with Gasteiger partial charge in [0, 0.05) is 27.1 Å². The smallest absolute Gasteiger partial charge is 0.134 e. The summed E-state index contributed by atoms with van der Waals surface area (Å²) < 4.78 is 36.2. The second-order valence-electron chi connectivity index (χ2n) is 13.5. The molecule has 0 radical (unpaired) electrons. The summed E-state index contributed by atoms with van der Waals surface area (Å²) >= 11 is 0. The zero-order valence-electron chi connectivity index (χ0n) is 28.8. The monoisotopic (exact) mass is 697 g/mol. The van der Waals surface area contributed by atoms with Gasteiger partial charge in [-0.05, 0) is 82.9 Å². The van der Waals surface area contributed by atoms with Crippen molar-refractivity contribution < 1.29 is 8.78 Å². The van der Waals surface area contributed by atoms with Crippen LogP contribution in [0.4, 0.5) is 8.78 Å². The van der Waals surface area contributed by atoms with Crippen molar-refractivity contribution in [1.82, 2.24) is 9.13 Å². The summed E-state index contributed by atoms with van der Waals surface area (Å²) in [5.41, 5.74) is 9.37. The molecular weight excluding hydrogens is 669 g/mol. The van der Waals surface area contributed by atoms with Crippen LogP contribution in [0.1, 0.15) is 5.56 Å². The Morgan fingerprint density at radius 2 is 0.852 bits per heavy atom. The van der Waals surface area contributed by atoms with Crippen LogP contribution in [0.3, 0.4) is 0 Å². The quantitative estimate of drug-likeness (QED) is 0.176. The Hall–Kier alpha value is -7.29. The van der Waals surface area contributed by atoms with Crippen molar-refractivity contribution in [3.8, 4) is 50.8 Å². The Morgan fingerprint density at radius 1 is 0.389 bits per heavy atom. The number of hydrogen-bond donors (Lipinski definition) is 0. The molecule has 0 fully saturated rings. The molecule has 3 nitrogen and oxygen atoms in total. The van der Waals surface area contributed by atoms with Gasteiger partial charge in [-0.25, -0.2) is 8.78 Å². The van der Waals surface area contributed by atoms with E-state index in [1.165, 1.54) is 18.2 Å². The molecule has 2 heterocycles. The fourth-order valence-corrected chi connectivity index (χ4v) is 8.08. The first-order valence-electron chi connectivity index (χ1n) is 17.8. The average molecular weight is 698 g/mol. The van der Waals surface area contributed by atoms with E-state index < -0.39 is 11.6 Å². The lowest BCUT2D eigenvalue weighted by Crippen LogP contribution is -2.05. The Balaban J connectivity index is 1.29. The summed E-state index contributed by atoms with van der Waals surface area (Å²) in [5.74, 6) is -1.37. The van der Waals surface area contributed by atoms with Gasteiger partial charge in [0.1, 0.15) is 17.7 Å². The predicted molar refractivity (Wildman–Crippen MR) is 216 cm³/mol. The van der Waals surface area contributed by atoms with Crippen molar-refractivity contribution in [2.45, 2.75) is 0 Å². The first-order chi connectivity index (χ1) is 26.6. The van der Waals surface area contributed by atoms with E-state index in [0.29, 0.717) is 22.5 Å². The third-order valence-corrected chi connectivity index (χ3v) is 10.5. The van der Waals surface area contributed by atoms with E-state index in [1.54, 1.807) is 12.1 Å². The predicted octanol–water partition coefficient (Wildman–Crippen LogP) is 13.0. The second kappa shape index (κ2) is 12.4. The Labute approximate surface area is 309 Å². The van der Waals surface area contributed by atoms with E-state index >= 15 is 8.78 Å². The minimum Gasteiger partial charge on any atom is -0.309 e. The van der Waals surface area contributed by atoms with Crippen LogP contribution in [-0.2, 0) is 0 Å². The van der Waals surface area contributed by atoms with Crippen LogP contribution >= 0.6 is 0 Å². The molecule has 0 saturated carbocycles. The molecule has 254 valence electrons. The highest BCUT2D eigenvalue weighted by Crippen LogP contribution is 2.43. The van der Waals surface area contributed by atoms with Gasteiger partial charge in [-0.2, -0.15) is 5.26 Å². The molecule has 0 spiro atoms. The van der Waals surface area contributed by atoms with Crippen LogP contribution in [-0.4, -0.2) is 9.13 Å². The second-order valence-corrected chi connectivity index (χ2v) is 13.5. The Kier molecular flexibility index (Phi) is 7.24. The van der Waals surface area contributed by atoms with E-state index in [1.807, 2.05) is 81.9 Å². The normalized spacial score (nSPS) is 11.5.